The smallest absolute Gasteiger partial charge is 0.241 e. The molecule has 4 nitrogen and oxygen atoms in total. The van der Waals surface area contributed by atoms with Gasteiger partial charge in [0, 0.05) is 17.8 Å². The number of anilines is 1. The van der Waals surface area contributed by atoms with E-state index in [1.165, 1.54) is 31.2 Å². The first kappa shape index (κ1) is 20.0. The Morgan fingerprint density at radius 3 is 2.72 bits per heavy atom. The third-order valence-corrected chi connectivity index (χ3v) is 6.40. The van der Waals surface area contributed by atoms with Crippen molar-refractivity contribution in [2.45, 2.75) is 56.5 Å². The lowest BCUT2D eigenvalue weighted by Gasteiger charge is -2.45. The molecule has 1 aliphatic carbocycles. The Hall–Kier alpha value is -2.33. The SMILES string of the molecule is COc1cccc(NC(=O)C2C[CH]CCN2[C@@H]2CCCC[C@@H]2c2ccccc2)c1. The molecule has 4 rings (SSSR count). The zero-order valence-corrected chi connectivity index (χ0v) is 17.2. The molecule has 3 atom stereocenters. The van der Waals surface area contributed by atoms with Gasteiger partial charge in [0.2, 0.25) is 5.91 Å². The molecular formula is C25H31N2O2. The fourth-order valence-electron chi connectivity index (χ4n) is 4.99. The van der Waals surface area contributed by atoms with E-state index in [0.29, 0.717) is 12.0 Å². The van der Waals surface area contributed by atoms with E-state index < -0.39 is 0 Å². The van der Waals surface area contributed by atoms with Gasteiger partial charge in [-0.3, -0.25) is 9.69 Å². The number of likely N-dealkylation sites (tertiary alicyclic amines) is 1. The lowest BCUT2D eigenvalue weighted by atomic mass is 9.78. The quantitative estimate of drug-likeness (QED) is 0.777. The fourth-order valence-corrected chi connectivity index (χ4v) is 4.99. The first-order valence-electron chi connectivity index (χ1n) is 10.8. The summed E-state index contributed by atoms with van der Waals surface area (Å²) in [5, 5.41) is 3.13. The number of nitrogens with one attached hydrogen (secondary N) is 1. The molecule has 0 bridgehead atoms. The van der Waals surface area contributed by atoms with Crippen LogP contribution < -0.4 is 10.1 Å². The monoisotopic (exact) mass is 391 g/mol. The molecule has 1 saturated heterocycles. The lowest BCUT2D eigenvalue weighted by Crippen LogP contribution is -2.54. The number of hydrogen-bond acceptors (Lipinski definition) is 3. The predicted molar refractivity (Wildman–Crippen MR) is 117 cm³/mol. The highest BCUT2D eigenvalue weighted by atomic mass is 16.5. The molecule has 1 saturated carbocycles. The van der Waals surface area contributed by atoms with E-state index in [1.54, 1.807) is 7.11 Å². The number of amides is 1. The van der Waals surface area contributed by atoms with Crippen molar-refractivity contribution in [3.05, 3.63) is 66.6 Å². The molecule has 4 heteroatoms. The van der Waals surface area contributed by atoms with Crippen LogP contribution in [0.3, 0.4) is 0 Å². The van der Waals surface area contributed by atoms with Gasteiger partial charge in [0.1, 0.15) is 5.75 Å². The van der Waals surface area contributed by atoms with Gasteiger partial charge in [0.15, 0.2) is 0 Å². The normalized spacial score (nSPS) is 25.3. The van der Waals surface area contributed by atoms with Crippen LogP contribution in [0.25, 0.3) is 0 Å². The molecule has 1 amide bonds. The largest absolute Gasteiger partial charge is 0.497 e. The summed E-state index contributed by atoms with van der Waals surface area (Å²) in [6.45, 7) is 0.962. The highest BCUT2D eigenvalue weighted by Gasteiger charge is 2.38. The van der Waals surface area contributed by atoms with Gasteiger partial charge >= 0.3 is 0 Å². The van der Waals surface area contributed by atoms with Gasteiger partial charge in [0.25, 0.3) is 0 Å². The van der Waals surface area contributed by atoms with E-state index in [2.05, 4.69) is 47.0 Å². The Bertz CT molecular complexity index is 807. The fraction of sp³-hybridized carbons (Fsp3) is 0.440. The van der Waals surface area contributed by atoms with Crippen LogP contribution in [-0.4, -0.2) is 36.5 Å². The van der Waals surface area contributed by atoms with Crippen molar-refractivity contribution in [3.63, 3.8) is 0 Å². The van der Waals surface area contributed by atoms with Crippen LogP contribution in [0, 0.1) is 6.42 Å². The molecule has 2 aromatic rings. The minimum absolute atomic E-state index is 0.0894. The van der Waals surface area contributed by atoms with E-state index in [1.807, 2.05) is 24.3 Å². The molecule has 1 N–H and O–H groups in total. The van der Waals surface area contributed by atoms with Crippen molar-refractivity contribution in [2.75, 3.05) is 19.0 Å². The molecule has 1 radical (unpaired) electrons. The van der Waals surface area contributed by atoms with Gasteiger partial charge in [-0.1, -0.05) is 49.2 Å². The minimum atomic E-state index is -0.107. The lowest BCUT2D eigenvalue weighted by molar-refractivity contribution is -0.123. The number of nitrogens with zero attached hydrogens (tertiary/aromatic N) is 1. The van der Waals surface area contributed by atoms with Crippen LogP contribution in [0.1, 0.15) is 50.0 Å². The summed E-state index contributed by atoms with van der Waals surface area (Å²) in [4.78, 5) is 15.7. The molecular weight excluding hydrogens is 360 g/mol. The number of ether oxygens (including phenoxy) is 1. The summed E-state index contributed by atoms with van der Waals surface area (Å²) < 4.78 is 5.29. The summed E-state index contributed by atoms with van der Waals surface area (Å²) in [5.74, 6) is 1.35. The van der Waals surface area contributed by atoms with Crippen LogP contribution in [0.4, 0.5) is 5.69 Å². The Labute approximate surface area is 174 Å². The molecule has 0 aromatic heterocycles. The predicted octanol–water partition coefficient (Wildman–Crippen LogP) is 5.03. The molecule has 1 unspecified atom stereocenters. The number of piperidine rings is 1. The Morgan fingerprint density at radius 1 is 1.07 bits per heavy atom. The standard InChI is InChI=1S/C25H31N2O2/c1-29-21-13-9-12-20(18-21)26-25(28)24-16-7-8-17-27(24)23-15-6-5-14-22(23)19-10-3-2-4-11-19/h2-4,7,9-13,18,22-24H,5-6,8,14-17H2,1H3,(H,26,28)/t22-,23-,24?/m1/s1. The number of carbonyl (C=O) groups excluding carboxylic acids is 1. The van der Waals surface area contributed by atoms with Gasteiger partial charge in [-0.25, -0.2) is 0 Å². The average molecular weight is 392 g/mol. The Kier molecular flexibility index (Phi) is 6.50. The van der Waals surface area contributed by atoms with Gasteiger partial charge in [-0.15, -0.1) is 0 Å². The van der Waals surface area contributed by atoms with Crippen LogP contribution in [-0.2, 0) is 4.79 Å². The maximum atomic E-state index is 13.2. The topological polar surface area (TPSA) is 41.6 Å². The maximum absolute atomic E-state index is 13.2. The second-order valence-electron chi connectivity index (χ2n) is 8.16. The van der Waals surface area contributed by atoms with E-state index in [0.717, 1.165) is 30.8 Å². The van der Waals surface area contributed by atoms with Crippen LogP contribution in [0.2, 0.25) is 0 Å². The molecule has 0 spiro atoms. The van der Waals surface area contributed by atoms with E-state index in [4.69, 9.17) is 4.74 Å². The summed E-state index contributed by atoms with van der Waals surface area (Å²) in [6, 6.07) is 18.8. The summed E-state index contributed by atoms with van der Waals surface area (Å²) in [7, 11) is 1.64. The van der Waals surface area contributed by atoms with Gasteiger partial charge in [0.05, 0.1) is 13.2 Å². The van der Waals surface area contributed by atoms with E-state index in [9.17, 15) is 4.79 Å². The summed E-state index contributed by atoms with van der Waals surface area (Å²) in [6.07, 6.45) is 9.04. The zero-order valence-electron chi connectivity index (χ0n) is 17.2. The minimum Gasteiger partial charge on any atom is -0.497 e. The zero-order chi connectivity index (χ0) is 20.1. The van der Waals surface area contributed by atoms with Crippen molar-refractivity contribution in [1.29, 1.82) is 0 Å². The second kappa shape index (κ2) is 9.45. The second-order valence-corrected chi connectivity index (χ2v) is 8.16. The van der Waals surface area contributed by atoms with Gasteiger partial charge in [-0.05, 0) is 62.3 Å². The van der Waals surface area contributed by atoms with Crippen molar-refractivity contribution in [3.8, 4) is 5.75 Å². The maximum Gasteiger partial charge on any atom is 0.241 e. The summed E-state index contributed by atoms with van der Waals surface area (Å²) in [5.41, 5.74) is 2.21. The Morgan fingerprint density at radius 2 is 1.90 bits per heavy atom. The van der Waals surface area contributed by atoms with Crippen molar-refractivity contribution in [1.82, 2.24) is 4.90 Å². The van der Waals surface area contributed by atoms with Crippen molar-refractivity contribution >= 4 is 11.6 Å². The molecule has 2 aromatic carbocycles. The third-order valence-electron chi connectivity index (χ3n) is 6.40. The van der Waals surface area contributed by atoms with Gasteiger partial charge < -0.3 is 10.1 Å². The first-order valence-corrected chi connectivity index (χ1v) is 10.8. The highest BCUT2D eigenvalue weighted by molar-refractivity contribution is 5.95. The number of carbonyl (C=O) groups is 1. The van der Waals surface area contributed by atoms with Crippen molar-refractivity contribution in [2.24, 2.45) is 0 Å². The number of methoxy groups -OCH3 is 1. The Balaban J connectivity index is 1.53. The molecule has 153 valence electrons. The number of hydrogen-bond donors (Lipinski definition) is 1. The van der Waals surface area contributed by atoms with E-state index in [-0.39, 0.29) is 11.9 Å². The third kappa shape index (κ3) is 4.64. The molecule has 1 aliphatic heterocycles. The molecule has 1 heterocycles. The highest BCUT2D eigenvalue weighted by Crippen LogP contribution is 2.38. The molecule has 2 aliphatic rings. The van der Waals surface area contributed by atoms with Gasteiger partial charge in [-0.2, -0.15) is 0 Å². The van der Waals surface area contributed by atoms with Crippen LogP contribution >= 0.6 is 0 Å². The van der Waals surface area contributed by atoms with Crippen LogP contribution in [0.15, 0.2) is 54.6 Å². The summed E-state index contributed by atoms with van der Waals surface area (Å²) >= 11 is 0. The van der Waals surface area contributed by atoms with E-state index >= 15 is 0 Å². The number of rotatable bonds is 5. The van der Waals surface area contributed by atoms with Crippen LogP contribution in [0.5, 0.6) is 5.75 Å². The molecule has 2 fully saturated rings. The molecule has 29 heavy (non-hydrogen) atoms. The average Bonchev–Trinajstić information content (AvgIpc) is 2.80. The van der Waals surface area contributed by atoms with Crippen molar-refractivity contribution < 1.29 is 9.53 Å². The first-order chi connectivity index (χ1) is 14.3. The number of benzene rings is 2.